The molecule has 1 rings (SSSR count). The Morgan fingerprint density at radius 1 is 1.89 bits per heavy atom. The lowest BCUT2D eigenvalue weighted by molar-refractivity contribution is 0.0962. The van der Waals surface area contributed by atoms with Crippen LogP contribution in [0.3, 0.4) is 0 Å². The maximum absolute atomic E-state index is 10.7. The highest BCUT2D eigenvalue weighted by Crippen LogP contribution is 1.97. The monoisotopic (exact) mass is 127 g/mol. The first-order chi connectivity index (χ1) is 4.34. The average Bonchev–Trinajstić information content (AvgIpc) is 2.37. The molecule has 1 aromatic heterocycles. The van der Waals surface area contributed by atoms with Gasteiger partial charge in [0, 0.05) is 8.47 Å². The van der Waals surface area contributed by atoms with Crippen LogP contribution in [0.25, 0.3) is 0 Å². The van der Waals surface area contributed by atoms with Crippen LogP contribution >= 0.6 is 0 Å². The van der Waals surface area contributed by atoms with Crippen molar-refractivity contribution in [3.8, 4) is 0 Å². The van der Waals surface area contributed by atoms with E-state index in [2.05, 4.69) is 9.73 Å². The van der Waals surface area contributed by atoms with E-state index in [9.17, 15) is 4.79 Å². The van der Waals surface area contributed by atoms with Gasteiger partial charge in [0.1, 0.15) is 6.26 Å². The molecule has 0 aliphatic carbocycles. The van der Waals surface area contributed by atoms with Crippen LogP contribution in [0.5, 0.6) is 0 Å². The van der Waals surface area contributed by atoms with E-state index in [1.54, 1.807) is 13.1 Å². The summed E-state index contributed by atoms with van der Waals surface area (Å²) in [6, 6.07) is 1.61. The molecule has 50 valence electrons. The van der Waals surface area contributed by atoms with E-state index >= 15 is 0 Å². The number of nitrogens with one attached hydrogen (secondary N) is 1. The van der Waals surface area contributed by atoms with E-state index in [0.29, 0.717) is 5.56 Å². The molecule has 3 nitrogen and oxygen atoms in total. The number of hydrogen-bond donors (Lipinski definition) is 1. The maximum Gasteiger partial charge on any atom is 0.254 e. The Balaban J connectivity index is 0.000000810. The van der Waals surface area contributed by atoms with Crippen molar-refractivity contribution < 1.29 is 10.6 Å². The van der Waals surface area contributed by atoms with Crippen molar-refractivity contribution in [3.05, 3.63) is 24.2 Å². The molecule has 0 aliphatic heterocycles. The van der Waals surface area contributed by atoms with Crippen molar-refractivity contribution in [2.45, 2.75) is 0 Å². The van der Waals surface area contributed by atoms with Crippen LogP contribution in [0.4, 0.5) is 0 Å². The molecule has 0 atom stereocenters. The van der Waals surface area contributed by atoms with Crippen LogP contribution in [0, 0.1) is 0 Å². The summed E-state index contributed by atoms with van der Waals surface area (Å²) in [7, 11) is 1.58. The maximum atomic E-state index is 10.7. The number of amides is 1. The summed E-state index contributed by atoms with van der Waals surface area (Å²) in [5.41, 5.74) is 0.553. The highest BCUT2D eigenvalue weighted by molar-refractivity contribution is 5.93. The van der Waals surface area contributed by atoms with Crippen molar-refractivity contribution in [1.82, 2.24) is 5.32 Å². The lowest BCUT2D eigenvalue weighted by Gasteiger charge is -1.89. The second-order valence-corrected chi connectivity index (χ2v) is 1.59. The van der Waals surface area contributed by atoms with Gasteiger partial charge in [-0.2, -0.15) is 0 Å². The van der Waals surface area contributed by atoms with Gasteiger partial charge in [-0.05, 0) is 6.07 Å². The molecule has 0 saturated carbocycles. The minimum Gasteiger partial charge on any atom is -0.472 e. The SMILES string of the molecule is CNC(=O)c1ccoc1.[HH]. The smallest absolute Gasteiger partial charge is 0.254 e. The van der Waals surface area contributed by atoms with E-state index < -0.39 is 0 Å². The average molecular weight is 127 g/mol. The van der Waals surface area contributed by atoms with E-state index in [0.717, 1.165) is 0 Å². The molecule has 1 aromatic rings. The first-order valence-corrected chi connectivity index (χ1v) is 2.59. The third-order valence-corrected chi connectivity index (χ3v) is 1.01. The van der Waals surface area contributed by atoms with Crippen LogP contribution in [-0.2, 0) is 0 Å². The first-order valence-electron chi connectivity index (χ1n) is 2.59. The Morgan fingerprint density at radius 2 is 2.67 bits per heavy atom. The Kier molecular flexibility index (Phi) is 1.53. The third-order valence-electron chi connectivity index (χ3n) is 1.01. The Labute approximate surface area is 54.2 Å². The molecule has 0 aromatic carbocycles. The molecule has 3 heteroatoms. The number of carbonyl (C=O) groups excluding carboxylic acids is 1. The molecule has 0 fully saturated rings. The van der Waals surface area contributed by atoms with E-state index in [1.807, 2.05) is 0 Å². The number of furan rings is 1. The molecule has 0 spiro atoms. The van der Waals surface area contributed by atoms with Gasteiger partial charge in [0.05, 0.1) is 11.8 Å². The molecular weight excluding hydrogens is 118 g/mol. The number of carbonyl (C=O) groups is 1. The van der Waals surface area contributed by atoms with Crippen molar-refractivity contribution in [2.24, 2.45) is 0 Å². The van der Waals surface area contributed by atoms with Crippen molar-refractivity contribution in [1.29, 1.82) is 0 Å². The van der Waals surface area contributed by atoms with E-state index in [1.165, 1.54) is 12.5 Å². The summed E-state index contributed by atoms with van der Waals surface area (Å²) in [6.07, 6.45) is 2.86. The fraction of sp³-hybridized carbons (Fsp3) is 0.167. The second kappa shape index (κ2) is 2.35. The van der Waals surface area contributed by atoms with Gasteiger partial charge in [0.25, 0.3) is 5.91 Å². The lowest BCUT2D eigenvalue weighted by atomic mass is 10.3. The molecule has 1 heterocycles. The summed E-state index contributed by atoms with van der Waals surface area (Å²) in [6.45, 7) is 0. The summed E-state index contributed by atoms with van der Waals surface area (Å²) in [5.74, 6) is -0.122. The Hall–Kier alpha value is -1.25. The molecule has 0 radical (unpaired) electrons. The molecule has 9 heavy (non-hydrogen) atoms. The zero-order valence-electron chi connectivity index (χ0n) is 5.05. The minimum absolute atomic E-state index is 0. The standard InChI is InChI=1S/C6H7NO2.H2/c1-7-6(8)5-2-3-9-4-5;/h2-4H,1H3,(H,7,8);1H. The van der Waals surface area contributed by atoms with Gasteiger partial charge in [-0.1, -0.05) is 0 Å². The zero-order chi connectivity index (χ0) is 6.69. The van der Waals surface area contributed by atoms with Gasteiger partial charge >= 0.3 is 0 Å². The highest BCUT2D eigenvalue weighted by atomic mass is 16.3. The summed E-state index contributed by atoms with van der Waals surface area (Å²) in [5, 5.41) is 2.47. The molecule has 0 unspecified atom stereocenters. The lowest BCUT2D eigenvalue weighted by Crippen LogP contribution is -2.16. The van der Waals surface area contributed by atoms with E-state index in [-0.39, 0.29) is 7.33 Å². The normalized spacial score (nSPS) is 9.00. The third kappa shape index (κ3) is 1.10. The molecule has 1 N–H and O–H groups in total. The predicted molar refractivity (Wildman–Crippen MR) is 34.2 cm³/mol. The highest BCUT2D eigenvalue weighted by Gasteiger charge is 2.01. The minimum atomic E-state index is -0.122. The quantitative estimate of drug-likeness (QED) is 0.608. The fourth-order valence-corrected chi connectivity index (χ4v) is 0.538. The Morgan fingerprint density at radius 3 is 3.11 bits per heavy atom. The molecule has 0 aliphatic rings. The van der Waals surface area contributed by atoms with Crippen LogP contribution in [0.2, 0.25) is 0 Å². The van der Waals surface area contributed by atoms with Crippen molar-refractivity contribution in [2.75, 3.05) is 7.05 Å². The van der Waals surface area contributed by atoms with Gasteiger partial charge in [0.2, 0.25) is 0 Å². The zero-order valence-corrected chi connectivity index (χ0v) is 5.05. The molecular formula is C6H9NO2. The van der Waals surface area contributed by atoms with E-state index in [4.69, 9.17) is 0 Å². The topological polar surface area (TPSA) is 42.2 Å². The van der Waals surface area contributed by atoms with Gasteiger partial charge in [-0.3, -0.25) is 4.79 Å². The number of rotatable bonds is 1. The first kappa shape index (κ1) is 5.88. The van der Waals surface area contributed by atoms with Crippen LogP contribution < -0.4 is 5.32 Å². The summed E-state index contributed by atoms with van der Waals surface area (Å²) >= 11 is 0. The van der Waals surface area contributed by atoms with Crippen molar-refractivity contribution >= 4 is 5.91 Å². The summed E-state index contributed by atoms with van der Waals surface area (Å²) in [4.78, 5) is 10.7. The van der Waals surface area contributed by atoms with Crippen molar-refractivity contribution in [3.63, 3.8) is 0 Å². The Bertz CT molecular complexity index is 196. The van der Waals surface area contributed by atoms with Gasteiger partial charge < -0.3 is 9.73 Å². The van der Waals surface area contributed by atoms with Gasteiger partial charge in [0.15, 0.2) is 0 Å². The van der Waals surface area contributed by atoms with Crippen LogP contribution in [0.1, 0.15) is 11.8 Å². The van der Waals surface area contributed by atoms with Gasteiger partial charge in [-0.25, -0.2) is 0 Å². The molecule has 0 saturated heterocycles. The van der Waals surface area contributed by atoms with Gasteiger partial charge in [-0.15, -0.1) is 0 Å². The van der Waals surface area contributed by atoms with Crippen LogP contribution in [-0.4, -0.2) is 13.0 Å². The summed E-state index contributed by atoms with van der Waals surface area (Å²) < 4.78 is 4.68. The fourth-order valence-electron chi connectivity index (χ4n) is 0.538. The second-order valence-electron chi connectivity index (χ2n) is 1.59. The van der Waals surface area contributed by atoms with Crippen LogP contribution in [0.15, 0.2) is 23.0 Å². The number of hydrogen-bond acceptors (Lipinski definition) is 2. The molecule has 1 amide bonds. The predicted octanol–water partition coefficient (Wildman–Crippen LogP) is 0.885. The molecule has 0 bridgehead atoms. The largest absolute Gasteiger partial charge is 0.472 e.